The van der Waals surface area contributed by atoms with Crippen LogP contribution in [0.15, 0.2) is 24.3 Å². The van der Waals surface area contributed by atoms with Crippen LogP contribution in [-0.2, 0) is 4.79 Å². The summed E-state index contributed by atoms with van der Waals surface area (Å²) >= 11 is 5.55. The molecule has 0 unspecified atom stereocenters. The van der Waals surface area contributed by atoms with Crippen molar-refractivity contribution in [1.82, 2.24) is 0 Å². The molecule has 0 spiro atoms. The van der Waals surface area contributed by atoms with Gasteiger partial charge in [-0.2, -0.15) is 0 Å². The van der Waals surface area contributed by atoms with Crippen LogP contribution in [0.5, 0.6) is 0 Å². The van der Waals surface area contributed by atoms with Crippen LogP contribution in [0.3, 0.4) is 0 Å². The highest BCUT2D eigenvalue weighted by atomic mass is 35.5. The molecule has 3 heteroatoms. The molecule has 0 N–H and O–H groups in total. The van der Waals surface area contributed by atoms with Crippen LogP contribution in [0.1, 0.15) is 12.0 Å². The number of hydrogen-bond donors (Lipinski definition) is 0. The topological polar surface area (TPSA) is 17.1 Å². The van der Waals surface area contributed by atoms with Crippen molar-refractivity contribution in [2.45, 2.75) is 6.42 Å². The SMILES string of the molecule is O=CCC=Cc1ccc(F)c(Cl)c1. The van der Waals surface area contributed by atoms with Gasteiger partial charge in [0.2, 0.25) is 0 Å². The van der Waals surface area contributed by atoms with Gasteiger partial charge in [-0.3, -0.25) is 0 Å². The number of hydrogen-bond acceptors (Lipinski definition) is 1. The van der Waals surface area contributed by atoms with E-state index in [1.165, 1.54) is 12.1 Å². The molecule has 1 aromatic carbocycles. The van der Waals surface area contributed by atoms with Crippen LogP contribution in [-0.4, -0.2) is 6.29 Å². The molecule has 0 aliphatic carbocycles. The average molecular weight is 199 g/mol. The lowest BCUT2D eigenvalue weighted by Gasteiger charge is -1.95. The van der Waals surface area contributed by atoms with E-state index in [0.717, 1.165) is 11.8 Å². The summed E-state index contributed by atoms with van der Waals surface area (Å²) in [7, 11) is 0. The van der Waals surface area contributed by atoms with Crippen LogP contribution in [0.4, 0.5) is 4.39 Å². The Bertz CT molecular complexity index is 334. The summed E-state index contributed by atoms with van der Waals surface area (Å²) in [5.41, 5.74) is 0.785. The number of rotatable bonds is 3. The number of carbonyl (C=O) groups excluding carboxylic acids is 1. The van der Waals surface area contributed by atoms with E-state index in [1.54, 1.807) is 18.2 Å². The van der Waals surface area contributed by atoms with Gasteiger partial charge in [0.1, 0.15) is 12.1 Å². The van der Waals surface area contributed by atoms with E-state index in [2.05, 4.69) is 0 Å². The zero-order chi connectivity index (χ0) is 9.68. The first-order chi connectivity index (χ1) is 6.24. The number of allylic oxidation sites excluding steroid dienone is 1. The number of carbonyl (C=O) groups is 1. The summed E-state index contributed by atoms with van der Waals surface area (Å²) < 4.78 is 12.7. The van der Waals surface area contributed by atoms with Gasteiger partial charge in [-0.15, -0.1) is 0 Å². The largest absolute Gasteiger partial charge is 0.303 e. The van der Waals surface area contributed by atoms with Crippen LogP contribution in [0, 0.1) is 5.82 Å². The van der Waals surface area contributed by atoms with Crippen molar-refractivity contribution in [2.24, 2.45) is 0 Å². The highest BCUT2D eigenvalue weighted by molar-refractivity contribution is 6.30. The van der Waals surface area contributed by atoms with Crippen molar-refractivity contribution >= 4 is 24.0 Å². The third kappa shape index (κ3) is 2.99. The Kier molecular flexibility index (Phi) is 3.65. The van der Waals surface area contributed by atoms with Gasteiger partial charge in [-0.25, -0.2) is 4.39 Å². The van der Waals surface area contributed by atoms with Gasteiger partial charge in [-0.1, -0.05) is 29.8 Å². The van der Waals surface area contributed by atoms with Crippen LogP contribution in [0.25, 0.3) is 6.08 Å². The zero-order valence-corrected chi connectivity index (χ0v) is 7.59. The minimum atomic E-state index is -0.436. The van der Waals surface area contributed by atoms with Crippen LogP contribution >= 0.6 is 11.6 Å². The Morgan fingerprint density at radius 1 is 1.46 bits per heavy atom. The maximum absolute atomic E-state index is 12.7. The standard InChI is InChI=1S/C10H8ClFO/c11-9-7-8(3-1-2-6-13)4-5-10(9)12/h1,3-7H,2H2. The van der Waals surface area contributed by atoms with Gasteiger partial charge in [0.15, 0.2) is 0 Å². The molecule has 13 heavy (non-hydrogen) atoms. The van der Waals surface area contributed by atoms with Gasteiger partial charge in [0.25, 0.3) is 0 Å². The van der Waals surface area contributed by atoms with Gasteiger partial charge in [0.05, 0.1) is 5.02 Å². The Morgan fingerprint density at radius 3 is 2.85 bits per heavy atom. The molecule has 0 fully saturated rings. The lowest BCUT2D eigenvalue weighted by atomic mass is 10.2. The second-order valence-corrected chi connectivity index (χ2v) is 2.89. The fourth-order valence-electron chi connectivity index (χ4n) is 0.876. The van der Waals surface area contributed by atoms with E-state index in [9.17, 15) is 9.18 Å². The van der Waals surface area contributed by atoms with Crippen molar-refractivity contribution < 1.29 is 9.18 Å². The fourth-order valence-corrected chi connectivity index (χ4v) is 1.06. The lowest BCUT2D eigenvalue weighted by Crippen LogP contribution is -1.78. The van der Waals surface area contributed by atoms with Crippen LogP contribution < -0.4 is 0 Å². The van der Waals surface area contributed by atoms with Crippen molar-refractivity contribution in [3.8, 4) is 0 Å². The highest BCUT2D eigenvalue weighted by Crippen LogP contribution is 2.16. The molecule has 0 bridgehead atoms. The second-order valence-electron chi connectivity index (χ2n) is 2.48. The molecule has 1 aromatic rings. The Balaban J connectivity index is 2.79. The molecular formula is C10H8ClFO. The van der Waals surface area contributed by atoms with Crippen molar-refractivity contribution in [3.05, 3.63) is 40.7 Å². The molecular weight excluding hydrogens is 191 g/mol. The van der Waals surface area contributed by atoms with E-state index in [-0.39, 0.29) is 5.02 Å². The van der Waals surface area contributed by atoms with Gasteiger partial charge >= 0.3 is 0 Å². The summed E-state index contributed by atoms with van der Waals surface area (Å²) in [4.78, 5) is 9.98. The molecule has 0 aliphatic rings. The average Bonchev–Trinajstić information content (AvgIpc) is 2.12. The van der Waals surface area contributed by atoms with Gasteiger partial charge < -0.3 is 4.79 Å². The molecule has 0 amide bonds. The molecule has 0 saturated heterocycles. The first-order valence-electron chi connectivity index (χ1n) is 3.79. The van der Waals surface area contributed by atoms with E-state index in [4.69, 9.17) is 11.6 Å². The summed E-state index contributed by atoms with van der Waals surface area (Å²) in [6, 6.07) is 4.41. The molecule has 1 nitrogen and oxygen atoms in total. The monoisotopic (exact) mass is 198 g/mol. The normalized spacial score (nSPS) is 10.6. The summed E-state index contributed by atoms with van der Waals surface area (Å²) in [5, 5.41) is 0.0910. The molecule has 0 heterocycles. The summed E-state index contributed by atoms with van der Waals surface area (Å²) in [6.07, 6.45) is 4.56. The van der Waals surface area contributed by atoms with Crippen molar-refractivity contribution in [3.63, 3.8) is 0 Å². The Hall–Kier alpha value is -1.15. The lowest BCUT2D eigenvalue weighted by molar-refractivity contribution is -0.107. The quantitative estimate of drug-likeness (QED) is 0.683. The maximum atomic E-state index is 12.7. The molecule has 0 saturated carbocycles. The Labute approximate surface area is 80.8 Å². The first kappa shape index (κ1) is 9.93. The predicted octanol–water partition coefficient (Wildman–Crippen LogP) is 3.08. The smallest absolute Gasteiger partial charge is 0.141 e. The van der Waals surface area contributed by atoms with Crippen molar-refractivity contribution in [1.29, 1.82) is 0 Å². The molecule has 0 atom stereocenters. The minimum Gasteiger partial charge on any atom is -0.303 e. The number of aldehydes is 1. The minimum absolute atomic E-state index is 0.0910. The molecule has 0 aromatic heterocycles. The number of benzene rings is 1. The third-order valence-corrected chi connectivity index (χ3v) is 1.78. The highest BCUT2D eigenvalue weighted by Gasteiger charge is 1.97. The predicted molar refractivity (Wildman–Crippen MR) is 51.1 cm³/mol. The number of halogens is 2. The molecule has 1 rings (SSSR count). The van der Waals surface area contributed by atoms with Crippen molar-refractivity contribution in [2.75, 3.05) is 0 Å². The summed E-state index contributed by atoms with van der Waals surface area (Å²) in [5.74, 6) is -0.436. The van der Waals surface area contributed by atoms with Gasteiger partial charge in [-0.05, 0) is 17.7 Å². The van der Waals surface area contributed by atoms with E-state index in [1.807, 2.05) is 0 Å². The summed E-state index contributed by atoms with van der Waals surface area (Å²) in [6.45, 7) is 0. The zero-order valence-electron chi connectivity index (χ0n) is 6.84. The Morgan fingerprint density at radius 2 is 2.23 bits per heavy atom. The van der Waals surface area contributed by atoms with E-state index >= 15 is 0 Å². The third-order valence-electron chi connectivity index (χ3n) is 1.49. The first-order valence-corrected chi connectivity index (χ1v) is 4.17. The molecule has 0 radical (unpaired) electrons. The second kappa shape index (κ2) is 4.77. The molecule has 68 valence electrons. The van der Waals surface area contributed by atoms with Gasteiger partial charge in [0, 0.05) is 6.42 Å². The molecule has 0 aliphatic heterocycles. The fraction of sp³-hybridized carbons (Fsp3) is 0.100. The van der Waals surface area contributed by atoms with Crippen LogP contribution in [0.2, 0.25) is 5.02 Å². The van der Waals surface area contributed by atoms with E-state index in [0.29, 0.717) is 6.42 Å². The van der Waals surface area contributed by atoms with E-state index < -0.39 is 5.82 Å². The maximum Gasteiger partial charge on any atom is 0.141 e.